The van der Waals surface area contributed by atoms with E-state index in [1.54, 1.807) is 0 Å². The molecule has 0 fully saturated rings. The topological polar surface area (TPSA) is 40.3 Å². The zero-order valence-corrected chi connectivity index (χ0v) is 4.30. The molecule has 0 heterocycles. The quantitative estimate of drug-likeness (QED) is 0.288. The molecule has 4 heavy (non-hydrogen) atoms. The van der Waals surface area contributed by atoms with Gasteiger partial charge in [-0.3, -0.25) is 0 Å². The van der Waals surface area contributed by atoms with Crippen molar-refractivity contribution < 1.29 is 9.11 Å². The fourth-order valence-electron chi connectivity index (χ4n) is 0. The van der Waals surface area contributed by atoms with Crippen molar-refractivity contribution in [3.63, 3.8) is 0 Å². The summed E-state index contributed by atoms with van der Waals surface area (Å²) in [5.74, 6) is 0. The van der Waals surface area contributed by atoms with Gasteiger partial charge in [0.25, 0.3) is 0 Å². The molecule has 0 aliphatic carbocycles. The Balaban J connectivity index is 2.80. The molecule has 0 rings (SSSR count). The number of hydrogen-bond acceptors (Lipinski definition) is 1. The van der Waals surface area contributed by atoms with Crippen molar-refractivity contribution in [1.29, 1.82) is 0 Å². The highest BCUT2D eigenvalue weighted by Gasteiger charge is 1.60. The molecule has 1 radical (unpaired) electrons. The Morgan fingerprint density at radius 3 is 2.00 bits per heavy atom. The van der Waals surface area contributed by atoms with E-state index in [1.165, 1.54) is 0 Å². The van der Waals surface area contributed by atoms with E-state index in [4.69, 9.17) is 10.1 Å². The predicted molar refractivity (Wildman–Crippen MR) is 14.0 cm³/mol. The van der Waals surface area contributed by atoms with Gasteiger partial charge in [-0.15, -0.1) is 0 Å². The van der Waals surface area contributed by atoms with Crippen LogP contribution < -0.4 is 0 Å². The van der Waals surface area contributed by atoms with Gasteiger partial charge in [-0.25, -0.2) is 0 Å². The van der Waals surface area contributed by atoms with Gasteiger partial charge in [-0.2, -0.15) is 3.91 Å². The van der Waals surface area contributed by atoms with Gasteiger partial charge in [0.2, 0.25) is 0 Å². The summed E-state index contributed by atoms with van der Waals surface area (Å²) in [6, 6.07) is 0. The van der Waals surface area contributed by atoms with Crippen LogP contribution in [0.15, 0.2) is 0 Å². The molecule has 0 atom stereocenters. The molecule has 0 spiro atoms. The third-order valence-corrected chi connectivity index (χ3v) is 0. The zero-order chi connectivity index (χ0) is 3.58. The number of rotatable bonds is 0. The van der Waals surface area contributed by atoms with Crippen molar-refractivity contribution >= 4 is 16.5 Å². The minimum atomic E-state index is -0.111. The second-order valence-electron chi connectivity index (χ2n) is 0.464. The molecular formula is H3AlNO2. The van der Waals surface area contributed by atoms with Crippen molar-refractivity contribution in [1.82, 2.24) is 0 Å². The van der Waals surface area contributed by atoms with Gasteiger partial charge in [0.05, 0.1) is 0 Å². The monoisotopic (exact) mass is 76.0 g/mol. The second-order valence-corrected chi connectivity index (χ2v) is 1.23. The lowest BCUT2D eigenvalue weighted by Crippen LogP contribution is -1.89. The molecule has 0 aliphatic heterocycles. The summed E-state index contributed by atoms with van der Waals surface area (Å²) in [7, 11) is 0. The van der Waals surface area contributed by atoms with Crippen LogP contribution in [-0.2, 0) is 0 Å². The Morgan fingerprint density at radius 1 is 2.00 bits per heavy atom. The molecule has 23 valence electrons. The molecule has 0 bridgehead atoms. The first-order valence-corrected chi connectivity index (χ1v) is 1.72. The second kappa shape index (κ2) is 1.27. The van der Waals surface area contributed by atoms with E-state index in [0.717, 1.165) is 0 Å². The molecule has 0 aliphatic rings. The maximum atomic E-state index is 8.98. The van der Waals surface area contributed by atoms with Gasteiger partial charge in [0.1, 0.15) is 0 Å². The summed E-state index contributed by atoms with van der Waals surface area (Å²) >= 11 is 0.182. The van der Waals surface area contributed by atoms with Crippen LogP contribution in [0.1, 0.15) is 0 Å². The normalized spacial score (nSPS) is 6.25. The Labute approximate surface area is 31.4 Å². The van der Waals surface area contributed by atoms with E-state index >= 15 is 0 Å². The summed E-state index contributed by atoms with van der Waals surface area (Å²) in [5.41, 5.74) is 0. The standard InChI is InChI=1S/Al.HNO2.2H/c;2-1-3;;/h;(H,2,3);;. The molecule has 0 amide bonds. The van der Waals surface area contributed by atoms with Crippen molar-refractivity contribution in [2.24, 2.45) is 0 Å². The van der Waals surface area contributed by atoms with Crippen molar-refractivity contribution in [2.75, 3.05) is 0 Å². The molecule has 1 N–H and O–H groups in total. The van der Waals surface area contributed by atoms with Gasteiger partial charge < -0.3 is 5.21 Å². The van der Waals surface area contributed by atoms with E-state index in [0.29, 0.717) is 0 Å². The molecule has 0 aromatic rings. The predicted octanol–water partition coefficient (Wildman–Crippen LogP) is -1.30. The third kappa shape index (κ3) is 368. The van der Waals surface area contributed by atoms with Crippen LogP contribution >= 0.6 is 0 Å². The molecule has 0 unspecified atom stereocenters. The molecule has 3 nitrogen and oxygen atoms in total. The van der Waals surface area contributed by atoms with Gasteiger partial charge in [-0.1, -0.05) is 0 Å². The fourth-order valence-corrected chi connectivity index (χ4v) is 0. The van der Waals surface area contributed by atoms with Gasteiger partial charge >= 0.3 is 16.5 Å². The van der Waals surface area contributed by atoms with E-state index < -0.39 is 0 Å². The van der Waals surface area contributed by atoms with Crippen molar-refractivity contribution in [3.05, 3.63) is 4.91 Å². The van der Waals surface area contributed by atoms with Gasteiger partial charge in [-0.05, 0) is 4.91 Å². The lowest BCUT2D eigenvalue weighted by Gasteiger charge is -1.67. The third-order valence-electron chi connectivity index (χ3n) is 0. The van der Waals surface area contributed by atoms with Crippen LogP contribution in [0.2, 0.25) is 0 Å². The molecule has 0 aromatic carbocycles. The first kappa shape index (κ1) is 3.93. The molecule has 0 aromatic heterocycles. The van der Waals surface area contributed by atoms with Crippen LogP contribution in [-0.4, -0.2) is 25.6 Å². The van der Waals surface area contributed by atoms with Crippen LogP contribution in [0.25, 0.3) is 0 Å². The van der Waals surface area contributed by atoms with Crippen LogP contribution in [0.3, 0.4) is 0 Å². The largest absolute Gasteiger partial charge is 0.529 e. The maximum Gasteiger partial charge on any atom is 0.529 e. The summed E-state index contributed by atoms with van der Waals surface area (Å²) in [6.45, 7) is 0. The minimum absolute atomic E-state index is 0.111. The molecule has 4 heteroatoms. The van der Waals surface area contributed by atoms with Crippen molar-refractivity contribution in [2.45, 2.75) is 0 Å². The highest BCUT2D eigenvalue weighted by Crippen LogP contribution is 1.29. The molecule has 0 saturated carbocycles. The zero-order valence-electron chi connectivity index (χ0n) is 2.30. The molecular weight excluding hydrogens is 73.0 g/mol. The van der Waals surface area contributed by atoms with Gasteiger partial charge in [0, 0.05) is 0 Å². The lowest BCUT2D eigenvalue weighted by atomic mass is 13.4. The average molecular weight is 76.0 g/mol. The number of nitrogens with zero attached hydrogens (tertiary/aromatic N) is 1. The van der Waals surface area contributed by atoms with Crippen molar-refractivity contribution in [3.8, 4) is 0 Å². The minimum Gasteiger partial charge on any atom is -0.334 e. The smallest absolute Gasteiger partial charge is 0.334 e. The van der Waals surface area contributed by atoms with E-state index in [-0.39, 0.29) is 20.4 Å². The highest BCUT2D eigenvalue weighted by atomic mass is 27.1. The van der Waals surface area contributed by atoms with Crippen LogP contribution in [0.4, 0.5) is 0 Å². The van der Waals surface area contributed by atoms with Crippen LogP contribution in [0.5, 0.6) is 0 Å². The van der Waals surface area contributed by atoms with E-state index in [9.17, 15) is 0 Å². The van der Waals surface area contributed by atoms with E-state index in [2.05, 4.69) is 0 Å². The van der Waals surface area contributed by atoms with Crippen LogP contribution in [0, 0.1) is 4.91 Å². The number of hydrogen-bond donors (Lipinski definition) is 1. The Bertz CT molecular complexity index is 29.0. The Kier molecular flexibility index (Phi) is 1.25. The summed E-state index contributed by atoms with van der Waals surface area (Å²) in [5, 5.41) is 7.40. The Hall–Kier alpha value is -0.0675. The average Bonchev–Trinajstić information content (AvgIpc) is 0.811. The van der Waals surface area contributed by atoms with E-state index in [1.807, 2.05) is 0 Å². The fraction of sp³-hybridized carbons (Fsp3) is 0. The van der Waals surface area contributed by atoms with Gasteiger partial charge in [0.15, 0.2) is 0 Å². The summed E-state index contributed by atoms with van der Waals surface area (Å²) in [4.78, 5) is 8.98. The lowest BCUT2D eigenvalue weighted by molar-refractivity contribution is -0.682. The Morgan fingerprint density at radius 2 is 2.00 bits per heavy atom. The highest BCUT2D eigenvalue weighted by molar-refractivity contribution is 5.94. The SMILES string of the molecule is O=[N+](O)[AlH2-]. The first-order chi connectivity index (χ1) is 1.73. The first-order valence-electron chi connectivity index (χ1n) is 0.830. The maximum absolute atomic E-state index is 8.98. The molecule has 0 saturated heterocycles. The summed E-state index contributed by atoms with van der Waals surface area (Å²) in [6.07, 6.45) is 0. The summed E-state index contributed by atoms with van der Waals surface area (Å²) < 4.78 is -0.111.